The first-order valence-corrected chi connectivity index (χ1v) is 9.87. The molecule has 0 saturated carbocycles. The first kappa shape index (κ1) is 20.9. The molecule has 1 heterocycles. The van der Waals surface area contributed by atoms with Crippen molar-refractivity contribution in [2.24, 2.45) is 0 Å². The first-order chi connectivity index (χ1) is 12.7. The lowest BCUT2D eigenvalue weighted by Gasteiger charge is -2.20. The molecule has 0 unspecified atom stereocenters. The second-order valence-corrected chi connectivity index (χ2v) is 8.12. The van der Waals surface area contributed by atoms with Gasteiger partial charge in [0.2, 0.25) is 0 Å². The lowest BCUT2D eigenvalue weighted by atomic mass is 9.91. The number of hydrogen-bond acceptors (Lipinski definition) is 4. The van der Waals surface area contributed by atoms with Crippen LogP contribution in [0.1, 0.15) is 71.5 Å². The van der Waals surface area contributed by atoms with Gasteiger partial charge < -0.3 is 9.84 Å². The maximum Gasteiger partial charge on any atom is 0.341 e. The van der Waals surface area contributed by atoms with Gasteiger partial charge in [0, 0.05) is 0 Å². The molecular weight excluding hydrogens is 360 g/mol. The molecule has 1 aromatic carbocycles. The minimum atomic E-state index is -1.000. The number of hydrogen-bond donors (Lipinski definition) is 1. The van der Waals surface area contributed by atoms with E-state index in [2.05, 4.69) is 0 Å². The minimum absolute atomic E-state index is 0.0171. The largest absolute Gasteiger partial charge is 0.481 e. The third-order valence-corrected chi connectivity index (χ3v) is 5.22. The van der Waals surface area contributed by atoms with Gasteiger partial charge in [-0.1, -0.05) is 33.8 Å². The Labute approximate surface area is 164 Å². The van der Waals surface area contributed by atoms with Gasteiger partial charge in [0.25, 0.3) is 0 Å². The fourth-order valence-electron chi connectivity index (χ4n) is 2.77. The summed E-state index contributed by atoms with van der Waals surface area (Å²) in [5.74, 6) is -0.0536. The molecule has 2 rings (SSSR count). The Morgan fingerprint density at radius 2 is 1.70 bits per heavy atom. The number of allylic oxidation sites excluding steroid dienone is 1. The Balaban J connectivity index is 2.40. The van der Waals surface area contributed by atoms with E-state index in [1.54, 1.807) is 6.08 Å². The van der Waals surface area contributed by atoms with E-state index in [4.69, 9.17) is 9.84 Å². The van der Waals surface area contributed by atoms with Crippen molar-refractivity contribution in [1.82, 2.24) is 0 Å². The van der Waals surface area contributed by atoms with Gasteiger partial charge in [-0.3, -0.25) is 4.79 Å². The number of carboxylic acids is 1. The topological polar surface area (TPSA) is 63.6 Å². The number of carbonyl (C=O) groups is 2. The average molecular weight is 387 g/mol. The highest BCUT2D eigenvalue weighted by atomic mass is 32.1. The molecule has 0 atom stereocenters. The molecule has 1 aromatic heterocycles. The highest BCUT2D eigenvalue weighted by Gasteiger charge is 2.18. The summed E-state index contributed by atoms with van der Waals surface area (Å²) < 4.78 is 5.62. The van der Waals surface area contributed by atoms with E-state index < -0.39 is 5.97 Å². The number of aryl methyl sites for hydroxylation is 1. The number of ether oxygens (including phenoxy) is 1. The number of benzene rings is 1. The van der Waals surface area contributed by atoms with Crippen LogP contribution >= 0.6 is 11.3 Å². The molecule has 0 saturated heterocycles. The number of rotatable bonds is 8. The molecule has 2 aromatic rings. The summed E-state index contributed by atoms with van der Waals surface area (Å²) in [6, 6.07) is 5.83. The minimum Gasteiger partial charge on any atom is -0.481 e. The molecule has 4 nitrogen and oxygen atoms in total. The van der Waals surface area contributed by atoms with Crippen molar-refractivity contribution in [3.05, 3.63) is 56.8 Å². The van der Waals surface area contributed by atoms with E-state index in [1.807, 2.05) is 64.3 Å². The summed E-state index contributed by atoms with van der Waals surface area (Å²) in [6.07, 6.45) is 3.41. The smallest absolute Gasteiger partial charge is 0.341 e. The Hall–Kier alpha value is -2.40. The van der Waals surface area contributed by atoms with Crippen molar-refractivity contribution in [2.75, 3.05) is 6.61 Å². The number of thiophene rings is 1. The standard InChI is InChI=1S/C22H26O4S/c1-13(2)17-9-16(6-7-19(23)20-8-15(5)12-27-20)10-18(14(3)4)22(17)26-11-21(24)25/h6-10,12-14H,11H2,1-5H3,(H,24,25). The van der Waals surface area contributed by atoms with Crippen LogP contribution in [0.4, 0.5) is 0 Å². The Morgan fingerprint density at radius 3 is 2.15 bits per heavy atom. The maximum atomic E-state index is 12.3. The van der Waals surface area contributed by atoms with E-state index in [9.17, 15) is 9.59 Å². The molecule has 27 heavy (non-hydrogen) atoms. The molecule has 0 aliphatic carbocycles. The Kier molecular flexibility index (Phi) is 6.97. The molecule has 5 heteroatoms. The molecule has 1 N–H and O–H groups in total. The fraction of sp³-hybridized carbons (Fsp3) is 0.364. The lowest BCUT2D eigenvalue weighted by molar-refractivity contribution is -0.139. The van der Waals surface area contributed by atoms with Crippen molar-refractivity contribution in [3.63, 3.8) is 0 Å². The summed E-state index contributed by atoms with van der Waals surface area (Å²) in [5.41, 5.74) is 3.88. The van der Waals surface area contributed by atoms with Crippen LogP contribution in [-0.4, -0.2) is 23.5 Å². The van der Waals surface area contributed by atoms with Crippen LogP contribution in [0.2, 0.25) is 0 Å². The summed E-state index contributed by atoms with van der Waals surface area (Å²) in [5, 5.41) is 10.9. The highest BCUT2D eigenvalue weighted by molar-refractivity contribution is 7.12. The zero-order valence-corrected chi connectivity index (χ0v) is 17.2. The molecule has 0 radical (unpaired) electrons. The Morgan fingerprint density at radius 1 is 1.11 bits per heavy atom. The van der Waals surface area contributed by atoms with Crippen LogP contribution in [-0.2, 0) is 4.79 Å². The zero-order chi connectivity index (χ0) is 20.1. The van der Waals surface area contributed by atoms with Crippen LogP contribution < -0.4 is 4.74 Å². The van der Waals surface area contributed by atoms with Crippen molar-refractivity contribution in [1.29, 1.82) is 0 Å². The molecule has 0 spiro atoms. The van der Waals surface area contributed by atoms with E-state index >= 15 is 0 Å². The Bertz CT molecular complexity index is 830. The average Bonchev–Trinajstić information content (AvgIpc) is 3.03. The van der Waals surface area contributed by atoms with Crippen LogP contribution in [0.3, 0.4) is 0 Å². The lowest BCUT2D eigenvalue weighted by Crippen LogP contribution is -2.13. The quantitative estimate of drug-likeness (QED) is 0.469. The SMILES string of the molecule is Cc1csc(C(=O)C=Cc2cc(C(C)C)c(OCC(=O)O)c(C(C)C)c2)c1. The summed E-state index contributed by atoms with van der Waals surface area (Å²) >= 11 is 1.44. The van der Waals surface area contributed by atoms with Crippen molar-refractivity contribution in [3.8, 4) is 5.75 Å². The van der Waals surface area contributed by atoms with E-state index in [-0.39, 0.29) is 24.2 Å². The van der Waals surface area contributed by atoms with E-state index in [1.165, 1.54) is 11.3 Å². The monoisotopic (exact) mass is 386 g/mol. The van der Waals surface area contributed by atoms with Crippen LogP contribution in [0.15, 0.2) is 29.7 Å². The normalized spacial score (nSPS) is 11.5. The van der Waals surface area contributed by atoms with Gasteiger partial charge in [-0.05, 0) is 70.7 Å². The molecule has 0 aliphatic heterocycles. The summed E-state index contributed by atoms with van der Waals surface area (Å²) in [6.45, 7) is 9.77. The van der Waals surface area contributed by atoms with Gasteiger partial charge in [0.1, 0.15) is 5.75 Å². The molecule has 0 fully saturated rings. The molecule has 144 valence electrons. The van der Waals surface area contributed by atoms with Crippen LogP contribution in [0.25, 0.3) is 6.08 Å². The predicted octanol–water partition coefficient (Wildman–Crippen LogP) is 5.66. The van der Waals surface area contributed by atoms with Gasteiger partial charge >= 0.3 is 5.97 Å². The predicted molar refractivity (Wildman–Crippen MR) is 110 cm³/mol. The maximum absolute atomic E-state index is 12.3. The van der Waals surface area contributed by atoms with Gasteiger partial charge in [0.05, 0.1) is 4.88 Å². The number of carboxylic acid groups (broad SMARTS) is 1. The third kappa shape index (κ3) is 5.54. The highest BCUT2D eigenvalue weighted by Crippen LogP contribution is 2.36. The second kappa shape index (κ2) is 9.00. The van der Waals surface area contributed by atoms with Crippen molar-refractivity contribution in [2.45, 2.75) is 46.5 Å². The third-order valence-electron chi connectivity index (χ3n) is 4.15. The summed E-state index contributed by atoms with van der Waals surface area (Å²) in [4.78, 5) is 24.0. The van der Waals surface area contributed by atoms with Crippen molar-refractivity contribution < 1.29 is 19.4 Å². The van der Waals surface area contributed by atoms with Gasteiger partial charge in [-0.15, -0.1) is 11.3 Å². The fourth-order valence-corrected chi connectivity index (χ4v) is 3.59. The van der Waals surface area contributed by atoms with E-state index in [0.717, 1.165) is 27.1 Å². The van der Waals surface area contributed by atoms with Crippen molar-refractivity contribution >= 4 is 29.2 Å². The molecule has 0 bridgehead atoms. The first-order valence-electron chi connectivity index (χ1n) is 8.99. The van der Waals surface area contributed by atoms with Gasteiger partial charge in [-0.25, -0.2) is 4.79 Å². The van der Waals surface area contributed by atoms with Crippen LogP contribution in [0, 0.1) is 6.92 Å². The molecular formula is C22H26O4S. The zero-order valence-electron chi connectivity index (χ0n) is 16.4. The van der Waals surface area contributed by atoms with Gasteiger partial charge in [-0.2, -0.15) is 0 Å². The molecule has 0 amide bonds. The van der Waals surface area contributed by atoms with E-state index in [0.29, 0.717) is 5.75 Å². The molecule has 0 aliphatic rings. The number of ketones is 1. The van der Waals surface area contributed by atoms with Gasteiger partial charge in [0.15, 0.2) is 12.4 Å². The summed E-state index contributed by atoms with van der Waals surface area (Å²) in [7, 11) is 0. The number of aliphatic carboxylic acids is 1. The number of carbonyl (C=O) groups excluding carboxylic acids is 1. The van der Waals surface area contributed by atoms with Crippen LogP contribution in [0.5, 0.6) is 5.75 Å². The second-order valence-electron chi connectivity index (χ2n) is 7.21.